The minimum absolute atomic E-state index is 0. The van der Waals surface area contributed by atoms with Gasteiger partial charge in [-0.15, -0.1) is 24.0 Å². The lowest BCUT2D eigenvalue weighted by molar-refractivity contribution is 0.196. The Balaban J connectivity index is 0.00000300. The third-order valence-electron chi connectivity index (χ3n) is 4.85. The molecule has 8 heteroatoms. The van der Waals surface area contributed by atoms with E-state index < -0.39 is 10.8 Å². The quantitative estimate of drug-likeness (QED) is 0.329. The van der Waals surface area contributed by atoms with Crippen molar-refractivity contribution < 1.29 is 4.21 Å². The number of pyridine rings is 1. The Kier molecular flexibility index (Phi) is 10.6. The van der Waals surface area contributed by atoms with Gasteiger partial charge in [0.05, 0.1) is 16.5 Å². The number of hydrogen-bond donors (Lipinski definition) is 2. The van der Waals surface area contributed by atoms with Gasteiger partial charge in [-0.1, -0.05) is 24.3 Å². The number of guanidine groups is 1. The van der Waals surface area contributed by atoms with Crippen molar-refractivity contribution in [2.75, 3.05) is 32.4 Å². The second kappa shape index (κ2) is 12.9. The average Bonchev–Trinajstić information content (AvgIpc) is 2.75. The second-order valence-corrected chi connectivity index (χ2v) is 8.45. The molecule has 2 N–H and O–H groups in total. The smallest absolute Gasteiger partial charge is 0.191 e. The van der Waals surface area contributed by atoms with Crippen molar-refractivity contribution in [1.82, 2.24) is 20.5 Å². The Labute approximate surface area is 193 Å². The lowest BCUT2D eigenvalue weighted by Gasteiger charge is -2.32. The maximum Gasteiger partial charge on any atom is 0.191 e. The van der Waals surface area contributed by atoms with Crippen LogP contribution in [0.5, 0.6) is 0 Å². The van der Waals surface area contributed by atoms with E-state index >= 15 is 0 Å². The van der Waals surface area contributed by atoms with Crippen LogP contribution >= 0.6 is 24.0 Å². The maximum atomic E-state index is 12.3. The molecule has 1 aromatic heterocycles. The van der Waals surface area contributed by atoms with Gasteiger partial charge in [-0.25, -0.2) is 0 Å². The fourth-order valence-corrected chi connectivity index (χ4v) is 4.28. The van der Waals surface area contributed by atoms with Crippen molar-refractivity contribution in [1.29, 1.82) is 0 Å². The summed E-state index contributed by atoms with van der Waals surface area (Å²) in [5.74, 6) is 1.35. The molecule has 1 aromatic carbocycles. The highest BCUT2D eigenvalue weighted by molar-refractivity contribution is 14.0. The zero-order chi connectivity index (χ0) is 19.6. The van der Waals surface area contributed by atoms with E-state index in [1.54, 1.807) is 7.05 Å². The molecule has 2 heterocycles. The second-order valence-electron chi connectivity index (χ2n) is 6.88. The third kappa shape index (κ3) is 8.02. The van der Waals surface area contributed by atoms with Crippen molar-refractivity contribution in [3.63, 3.8) is 0 Å². The van der Waals surface area contributed by atoms with E-state index in [0.717, 1.165) is 49.0 Å². The van der Waals surface area contributed by atoms with E-state index in [1.807, 2.05) is 48.7 Å². The minimum Gasteiger partial charge on any atom is -0.355 e. The number of aromatic nitrogens is 1. The van der Waals surface area contributed by atoms with Gasteiger partial charge in [-0.2, -0.15) is 0 Å². The number of nitrogens with zero attached hydrogens (tertiary/aromatic N) is 3. The first-order valence-corrected chi connectivity index (χ1v) is 11.1. The summed E-state index contributed by atoms with van der Waals surface area (Å²) in [4.78, 5) is 12.0. The van der Waals surface area contributed by atoms with Crippen molar-refractivity contribution >= 4 is 40.7 Å². The molecule has 29 heavy (non-hydrogen) atoms. The van der Waals surface area contributed by atoms with Crippen LogP contribution in [-0.2, 0) is 17.3 Å². The lowest BCUT2D eigenvalue weighted by Crippen LogP contribution is -2.49. The first kappa shape index (κ1) is 23.8. The van der Waals surface area contributed by atoms with E-state index in [2.05, 4.69) is 31.6 Å². The predicted molar refractivity (Wildman–Crippen MR) is 130 cm³/mol. The fourth-order valence-electron chi connectivity index (χ4n) is 3.30. The maximum absolute atomic E-state index is 12.3. The van der Waals surface area contributed by atoms with Crippen LogP contribution in [0.4, 0.5) is 0 Å². The summed E-state index contributed by atoms with van der Waals surface area (Å²) in [5, 5.41) is 6.79. The molecule has 1 saturated heterocycles. The van der Waals surface area contributed by atoms with Crippen LogP contribution in [0.15, 0.2) is 64.6 Å². The van der Waals surface area contributed by atoms with Gasteiger partial charge >= 0.3 is 0 Å². The van der Waals surface area contributed by atoms with Crippen LogP contribution in [0.25, 0.3) is 0 Å². The number of piperidine rings is 1. The van der Waals surface area contributed by atoms with Crippen molar-refractivity contribution in [3.8, 4) is 0 Å². The van der Waals surface area contributed by atoms with E-state index in [4.69, 9.17) is 0 Å². The summed E-state index contributed by atoms with van der Waals surface area (Å²) >= 11 is 0. The van der Waals surface area contributed by atoms with Gasteiger partial charge in [0.15, 0.2) is 5.96 Å². The molecular formula is C21H30IN5OS. The molecule has 1 aliphatic rings. The van der Waals surface area contributed by atoms with Gasteiger partial charge < -0.3 is 10.6 Å². The molecule has 0 bridgehead atoms. The first-order valence-electron chi connectivity index (χ1n) is 9.77. The number of aliphatic imine (C=N–C) groups is 1. The molecule has 1 atom stereocenters. The monoisotopic (exact) mass is 527 g/mol. The summed E-state index contributed by atoms with van der Waals surface area (Å²) in [5.41, 5.74) is 1.12. The summed E-state index contributed by atoms with van der Waals surface area (Å²) in [6, 6.07) is 16.1. The van der Waals surface area contributed by atoms with Crippen LogP contribution in [0.1, 0.15) is 18.5 Å². The Morgan fingerprint density at radius 1 is 1.17 bits per heavy atom. The predicted octanol–water partition coefficient (Wildman–Crippen LogP) is 2.64. The fraction of sp³-hybridized carbons (Fsp3) is 0.429. The molecule has 2 aromatic rings. The van der Waals surface area contributed by atoms with E-state index in [-0.39, 0.29) is 24.0 Å². The highest BCUT2D eigenvalue weighted by Gasteiger charge is 2.20. The van der Waals surface area contributed by atoms with Gasteiger partial charge in [0.2, 0.25) is 0 Å². The molecule has 0 radical (unpaired) electrons. The number of benzene rings is 1. The molecule has 0 amide bonds. The average molecular weight is 527 g/mol. The molecule has 1 fully saturated rings. The third-order valence-corrected chi connectivity index (χ3v) is 6.22. The SMILES string of the molecule is CN=C(NCCS(=O)c1ccccc1)NC1CCN(Cc2ccccn2)CC1.I. The van der Waals surface area contributed by atoms with E-state index in [9.17, 15) is 4.21 Å². The summed E-state index contributed by atoms with van der Waals surface area (Å²) in [6.45, 7) is 3.62. The van der Waals surface area contributed by atoms with Crippen molar-refractivity contribution in [3.05, 3.63) is 60.4 Å². The largest absolute Gasteiger partial charge is 0.355 e. The molecule has 1 aliphatic heterocycles. The molecule has 3 rings (SSSR count). The number of likely N-dealkylation sites (tertiary alicyclic amines) is 1. The van der Waals surface area contributed by atoms with E-state index in [1.165, 1.54) is 0 Å². The number of nitrogens with one attached hydrogen (secondary N) is 2. The number of hydrogen-bond acceptors (Lipinski definition) is 4. The topological polar surface area (TPSA) is 69.6 Å². The van der Waals surface area contributed by atoms with Gasteiger partial charge in [-0.3, -0.25) is 19.1 Å². The highest BCUT2D eigenvalue weighted by atomic mass is 127. The van der Waals surface area contributed by atoms with Crippen LogP contribution in [-0.4, -0.2) is 58.5 Å². The molecule has 0 spiro atoms. The van der Waals surface area contributed by atoms with Gasteiger partial charge in [0.1, 0.15) is 0 Å². The van der Waals surface area contributed by atoms with Crippen molar-refractivity contribution in [2.45, 2.75) is 30.3 Å². The van der Waals surface area contributed by atoms with Crippen molar-refractivity contribution in [2.24, 2.45) is 4.99 Å². The molecule has 0 aliphatic carbocycles. The minimum atomic E-state index is -0.991. The number of rotatable bonds is 7. The molecule has 1 unspecified atom stereocenters. The lowest BCUT2D eigenvalue weighted by atomic mass is 10.1. The van der Waals surface area contributed by atoms with Gasteiger partial charge in [-0.05, 0) is 37.1 Å². The van der Waals surface area contributed by atoms with E-state index in [0.29, 0.717) is 18.3 Å². The van der Waals surface area contributed by atoms with Gasteiger partial charge in [0, 0.05) is 56.1 Å². The Bertz CT molecular complexity index is 767. The summed E-state index contributed by atoms with van der Waals surface area (Å²) in [7, 11) is 0.787. The first-order chi connectivity index (χ1) is 13.7. The molecule has 0 saturated carbocycles. The Morgan fingerprint density at radius 3 is 2.55 bits per heavy atom. The molecule has 158 valence electrons. The van der Waals surface area contributed by atoms with Crippen LogP contribution in [0.3, 0.4) is 0 Å². The normalized spacial score (nSPS) is 16.7. The molecular weight excluding hydrogens is 497 g/mol. The standard InChI is InChI=1S/C21H29N5OS.HI/c1-22-21(24-13-16-28(27)20-8-3-2-4-9-20)25-18-10-14-26(15-11-18)17-19-7-5-6-12-23-19;/h2-9,12,18H,10-11,13-17H2,1H3,(H2,22,24,25);1H. The van der Waals surface area contributed by atoms with Crippen LogP contribution < -0.4 is 10.6 Å². The van der Waals surface area contributed by atoms with Crippen LogP contribution in [0, 0.1) is 0 Å². The Hall–Kier alpha value is -1.52. The van der Waals surface area contributed by atoms with Gasteiger partial charge in [0.25, 0.3) is 0 Å². The number of halogens is 1. The highest BCUT2D eigenvalue weighted by Crippen LogP contribution is 2.13. The molecule has 6 nitrogen and oxygen atoms in total. The van der Waals surface area contributed by atoms with Crippen LogP contribution in [0.2, 0.25) is 0 Å². The zero-order valence-corrected chi connectivity index (χ0v) is 19.9. The zero-order valence-electron chi connectivity index (χ0n) is 16.8. The summed E-state index contributed by atoms with van der Waals surface area (Å²) in [6.07, 6.45) is 4.00. The summed E-state index contributed by atoms with van der Waals surface area (Å²) < 4.78 is 12.3. The Morgan fingerprint density at radius 2 is 1.90 bits per heavy atom.